The highest BCUT2D eigenvalue weighted by Crippen LogP contribution is 2.14. The second-order valence-corrected chi connectivity index (χ2v) is 3.04. The molecule has 1 aromatic rings. The number of carbonyl (C=O) groups excluding carboxylic acids is 2. The van der Waals surface area contributed by atoms with Crippen LogP contribution in [0.4, 0.5) is 5.69 Å². The van der Waals surface area contributed by atoms with E-state index in [0.717, 1.165) is 13.2 Å². The number of methoxy groups -OCH3 is 1. The highest BCUT2D eigenvalue weighted by Gasteiger charge is 2.09. The van der Waals surface area contributed by atoms with Gasteiger partial charge in [-0.25, -0.2) is 4.79 Å². The minimum atomic E-state index is -0.980. The summed E-state index contributed by atoms with van der Waals surface area (Å²) in [6.07, 6.45) is 2.32. The summed E-state index contributed by atoms with van der Waals surface area (Å²) in [5, 5.41) is 10.5. The van der Waals surface area contributed by atoms with E-state index in [-0.39, 0.29) is 5.69 Å². The Bertz CT molecular complexity index is 492. The smallest absolute Gasteiger partial charge is 0.378 e. The van der Waals surface area contributed by atoms with Crippen LogP contribution in [0.3, 0.4) is 0 Å². The Balaban J connectivity index is 2.85. The van der Waals surface area contributed by atoms with Crippen LogP contribution < -0.4 is 0 Å². The number of rotatable bonds is 4. The first-order valence-corrected chi connectivity index (χ1v) is 4.59. The third kappa shape index (κ3) is 3.53. The van der Waals surface area contributed by atoms with Gasteiger partial charge in [-0.3, -0.25) is 14.9 Å². The maximum atomic E-state index is 11.1. The lowest BCUT2D eigenvalue weighted by Crippen LogP contribution is -2.12. The van der Waals surface area contributed by atoms with Gasteiger partial charge in [-0.2, -0.15) is 0 Å². The van der Waals surface area contributed by atoms with Gasteiger partial charge in [-0.15, -0.1) is 0 Å². The standard InChI is InChI=1S/C11H9NO5/c1-17-11(14)10(13)6-5-8-3-2-4-9(7-8)12(15)16/h2-7H,1H3/b6-5+. The summed E-state index contributed by atoms with van der Waals surface area (Å²) in [5.41, 5.74) is 0.370. The predicted molar refractivity (Wildman–Crippen MR) is 59.2 cm³/mol. The summed E-state index contributed by atoms with van der Waals surface area (Å²) in [7, 11) is 1.10. The van der Waals surface area contributed by atoms with Crippen molar-refractivity contribution in [3.8, 4) is 0 Å². The van der Waals surface area contributed by atoms with Gasteiger partial charge in [0.1, 0.15) is 0 Å². The molecule has 88 valence electrons. The third-order valence-corrected chi connectivity index (χ3v) is 1.89. The van der Waals surface area contributed by atoms with Crippen molar-refractivity contribution in [2.24, 2.45) is 0 Å². The summed E-state index contributed by atoms with van der Waals surface area (Å²) in [4.78, 5) is 31.8. The maximum absolute atomic E-state index is 11.1. The first-order chi connectivity index (χ1) is 8.04. The van der Waals surface area contributed by atoms with Crippen LogP contribution in [0.15, 0.2) is 30.3 Å². The number of nitro groups is 1. The number of nitro benzene ring substituents is 1. The fourth-order valence-corrected chi connectivity index (χ4v) is 1.08. The van der Waals surface area contributed by atoms with Gasteiger partial charge in [0.25, 0.3) is 11.5 Å². The molecular weight excluding hydrogens is 226 g/mol. The molecule has 0 aliphatic carbocycles. The molecule has 0 N–H and O–H groups in total. The van der Waals surface area contributed by atoms with Gasteiger partial charge in [0, 0.05) is 12.1 Å². The van der Waals surface area contributed by atoms with Crippen LogP contribution in [0.5, 0.6) is 0 Å². The first kappa shape index (κ1) is 12.6. The Hall–Kier alpha value is -2.50. The molecule has 0 spiro atoms. The molecule has 0 saturated carbocycles. The van der Waals surface area contributed by atoms with Gasteiger partial charge in [0.2, 0.25) is 0 Å². The van der Waals surface area contributed by atoms with Gasteiger partial charge >= 0.3 is 5.97 Å². The molecule has 0 bridgehead atoms. The lowest BCUT2D eigenvalue weighted by Gasteiger charge is -1.94. The van der Waals surface area contributed by atoms with Crippen molar-refractivity contribution in [3.63, 3.8) is 0 Å². The molecule has 0 radical (unpaired) electrons. The molecule has 6 heteroatoms. The van der Waals surface area contributed by atoms with Crippen LogP contribution in [0.25, 0.3) is 6.08 Å². The van der Waals surface area contributed by atoms with Crippen molar-refractivity contribution in [3.05, 3.63) is 46.0 Å². The fraction of sp³-hybridized carbons (Fsp3) is 0.0909. The van der Waals surface area contributed by atoms with E-state index in [0.29, 0.717) is 5.56 Å². The zero-order valence-corrected chi connectivity index (χ0v) is 8.95. The zero-order chi connectivity index (χ0) is 12.8. The molecule has 0 aliphatic rings. The minimum Gasteiger partial charge on any atom is -0.463 e. The fourth-order valence-electron chi connectivity index (χ4n) is 1.08. The second kappa shape index (κ2) is 5.55. The van der Waals surface area contributed by atoms with Gasteiger partial charge in [-0.05, 0) is 11.6 Å². The number of esters is 1. The van der Waals surface area contributed by atoms with Gasteiger partial charge < -0.3 is 4.74 Å². The van der Waals surface area contributed by atoms with Crippen LogP contribution in [-0.2, 0) is 14.3 Å². The SMILES string of the molecule is COC(=O)C(=O)/C=C/c1cccc([N+](=O)[O-])c1. The number of ketones is 1. The quantitative estimate of drug-likeness (QED) is 0.258. The van der Waals surface area contributed by atoms with Crippen LogP contribution >= 0.6 is 0 Å². The van der Waals surface area contributed by atoms with E-state index in [4.69, 9.17) is 0 Å². The minimum absolute atomic E-state index is 0.0855. The average molecular weight is 235 g/mol. The highest BCUT2D eigenvalue weighted by atomic mass is 16.6. The third-order valence-electron chi connectivity index (χ3n) is 1.89. The summed E-state index contributed by atoms with van der Waals surface area (Å²) < 4.78 is 4.21. The maximum Gasteiger partial charge on any atom is 0.378 e. The van der Waals surface area contributed by atoms with E-state index in [2.05, 4.69) is 4.74 Å². The Kier molecular flexibility index (Phi) is 4.10. The highest BCUT2D eigenvalue weighted by molar-refractivity contribution is 6.39. The number of non-ortho nitro benzene ring substituents is 1. The molecule has 0 fully saturated rings. The molecule has 0 unspecified atom stereocenters. The molecule has 0 aliphatic heterocycles. The van der Waals surface area contributed by atoms with E-state index in [1.165, 1.54) is 24.3 Å². The molecule has 0 heterocycles. The van der Waals surface area contributed by atoms with Crippen LogP contribution in [0.1, 0.15) is 5.56 Å². The molecule has 1 rings (SSSR count). The molecule has 0 atom stereocenters. The normalized spacial score (nSPS) is 10.2. The predicted octanol–water partition coefficient (Wildman–Crippen LogP) is 1.35. The van der Waals surface area contributed by atoms with Crippen molar-refractivity contribution < 1.29 is 19.2 Å². The molecule has 17 heavy (non-hydrogen) atoms. The van der Waals surface area contributed by atoms with Crippen LogP contribution in [0.2, 0.25) is 0 Å². The van der Waals surface area contributed by atoms with Crippen molar-refractivity contribution in [2.45, 2.75) is 0 Å². The number of hydrogen-bond donors (Lipinski definition) is 0. The Morgan fingerprint density at radius 2 is 2.12 bits per heavy atom. The summed E-state index contributed by atoms with van der Waals surface area (Å²) in [6.45, 7) is 0. The lowest BCUT2D eigenvalue weighted by molar-refractivity contribution is -0.384. The number of nitrogens with zero attached hydrogens (tertiary/aromatic N) is 1. The zero-order valence-electron chi connectivity index (χ0n) is 8.95. The van der Waals surface area contributed by atoms with Gasteiger partial charge in [-0.1, -0.05) is 18.2 Å². The van der Waals surface area contributed by atoms with E-state index in [9.17, 15) is 19.7 Å². The van der Waals surface area contributed by atoms with Crippen molar-refractivity contribution in [1.29, 1.82) is 0 Å². The molecule has 6 nitrogen and oxygen atoms in total. The van der Waals surface area contributed by atoms with E-state index < -0.39 is 16.7 Å². The monoisotopic (exact) mass is 235 g/mol. The molecule has 0 amide bonds. The van der Waals surface area contributed by atoms with Crippen molar-refractivity contribution in [1.82, 2.24) is 0 Å². The van der Waals surface area contributed by atoms with Crippen molar-refractivity contribution >= 4 is 23.5 Å². The Morgan fingerprint density at radius 3 is 2.71 bits per heavy atom. The summed E-state index contributed by atoms with van der Waals surface area (Å²) >= 11 is 0. The van der Waals surface area contributed by atoms with Crippen molar-refractivity contribution in [2.75, 3.05) is 7.11 Å². The molecule has 0 aromatic heterocycles. The summed E-state index contributed by atoms with van der Waals surface area (Å²) in [5.74, 6) is -1.80. The number of hydrogen-bond acceptors (Lipinski definition) is 5. The molecule has 1 aromatic carbocycles. The molecular formula is C11H9NO5. The first-order valence-electron chi connectivity index (χ1n) is 4.59. The number of ether oxygens (including phenoxy) is 1. The van der Waals surface area contributed by atoms with Gasteiger partial charge in [0.15, 0.2) is 0 Å². The number of carbonyl (C=O) groups is 2. The second-order valence-electron chi connectivity index (χ2n) is 3.04. The topological polar surface area (TPSA) is 86.5 Å². The Labute approximate surface area is 96.7 Å². The van der Waals surface area contributed by atoms with Gasteiger partial charge in [0.05, 0.1) is 12.0 Å². The Morgan fingerprint density at radius 1 is 1.41 bits per heavy atom. The van der Waals surface area contributed by atoms with E-state index >= 15 is 0 Å². The average Bonchev–Trinajstić information content (AvgIpc) is 2.35. The van der Waals surface area contributed by atoms with Crippen LogP contribution in [0, 0.1) is 10.1 Å². The number of benzene rings is 1. The largest absolute Gasteiger partial charge is 0.463 e. The van der Waals surface area contributed by atoms with Crippen LogP contribution in [-0.4, -0.2) is 23.8 Å². The molecule has 0 saturated heterocycles. The summed E-state index contributed by atoms with van der Waals surface area (Å²) in [6, 6.07) is 5.69. The lowest BCUT2D eigenvalue weighted by atomic mass is 10.2. The van der Waals surface area contributed by atoms with E-state index in [1.807, 2.05) is 0 Å². The van der Waals surface area contributed by atoms with E-state index in [1.54, 1.807) is 6.07 Å².